The van der Waals surface area contributed by atoms with Crippen LogP contribution in [0.3, 0.4) is 0 Å². The van der Waals surface area contributed by atoms with Gasteiger partial charge in [-0.1, -0.05) is 22.9 Å². The van der Waals surface area contributed by atoms with Gasteiger partial charge in [-0.2, -0.15) is 0 Å². The lowest BCUT2D eigenvalue weighted by Gasteiger charge is -2.11. The van der Waals surface area contributed by atoms with E-state index in [-0.39, 0.29) is 17.4 Å². The van der Waals surface area contributed by atoms with Crippen molar-refractivity contribution in [1.29, 1.82) is 0 Å². The van der Waals surface area contributed by atoms with Crippen molar-refractivity contribution >= 4 is 31.6 Å². The minimum absolute atomic E-state index is 0.0540. The van der Waals surface area contributed by atoms with Crippen LogP contribution in [0.4, 0.5) is 5.69 Å². The summed E-state index contributed by atoms with van der Waals surface area (Å²) < 4.78 is 27.7. The fourth-order valence-corrected chi connectivity index (χ4v) is 2.82. The van der Waals surface area contributed by atoms with Crippen LogP contribution < -0.4 is 9.88 Å². The summed E-state index contributed by atoms with van der Waals surface area (Å²) in [5, 5.41) is 15.7. The van der Waals surface area contributed by atoms with E-state index in [0.29, 0.717) is 29.7 Å². The Labute approximate surface area is 131 Å². The van der Waals surface area contributed by atoms with Crippen LogP contribution in [0.1, 0.15) is 19.8 Å². The molecule has 0 amide bonds. The van der Waals surface area contributed by atoms with Crippen molar-refractivity contribution in [2.45, 2.75) is 19.8 Å². The maximum Gasteiger partial charge on any atom is 0.274 e. The number of hydrogen-bond acceptors (Lipinski definition) is 5. The minimum Gasteiger partial charge on any atom is -0.493 e. The van der Waals surface area contributed by atoms with E-state index >= 15 is 0 Å². The zero-order chi connectivity index (χ0) is 16.0. The summed E-state index contributed by atoms with van der Waals surface area (Å²) in [5.41, 5.74) is -0.0540. The van der Waals surface area contributed by atoms with Gasteiger partial charge in [0.2, 0.25) is 10.0 Å². The van der Waals surface area contributed by atoms with Gasteiger partial charge in [0.05, 0.1) is 23.3 Å². The standard InChI is InChI=1S/C12H17BrN2O5S/c1-9(3-5-21(14,18)19)2-4-20-12-7-10(13)6-11(8-12)15(16)17/h6-9H,2-5H2,1H3,(H2,14,18,19). The van der Waals surface area contributed by atoms with Gasteiger partial charge in [0, 0.05) is 10.5 Å². The number of halogens is 1. The molecule has 0 saturated carbocycles. The van der Waals surface area contributed by atoms with Crippen molar-refractivity contribution in [2.24, 2.45) is 11.1 Å². The summed E-state index contributed by atoms with van der Waals surface area (Å²) >= 11 is 3.18. The molecule has 7 nitrogen and oxygen atoms in total. The molecule has 1 aromatic rings. The minimum atomic E-state index is -3.44. The third-order valence-corrected chi connectivity index (χ3v) is 4.10. The first-order chi connectivity index (χ1) is 9.67. The highest BCUT2D eigenvalue weighted by molar-refractivity contribution is 9.10. The zero-order valence-electron chi connectivity index (χ0n) is 11.5. The summed E-state index contributed by atoms with van der Waals surface area (Å²) in [5.74, 6) is 0.469. The number of primary sulfonamides is 1. The molecule has 1 aromatic carbocycles. The molecule has 1 rings (SSSR count). The summed E-state index contributed by atoms with van der Waals surface area (Å²) in [6.07, 6.45) is 1.09. The van der Waals surface area contributed by atoms with E-state index in [2.05, 4.69) is 15.9 Å². The molecule has 118 valence electrons. The maximum atomic E-state index is 10.8. The predicted octanol–water partition coefficient (Wildman–Crippen LogP) is 2.44. The van der Waals surface area contributed by atoms with E-state index in [9.17, 15) is 18.5 Å². The Bertz CT molecular complexity index is 606. The molecule has 2 N–H and O–H groups in total. The van der Waals surface area contributed by atoms with Crippen molar-refractivity contribution in [3.63, 3.8) is 0 Å². The Kier molecular flexibility index (Phi) is 6.56. The highest BCUT2D eigenvalue weighted by Crippen LogP contribution is 2.26. The van der Waals surface area contributed by atoms with Gasteiger partial charge in [-0.25, -0.2) is 13.6 Å². The van der Waals surface area contributed by atoms with E-state index in [1.807, 2.05) is 6.92 Å². The third-order valence-electron chi connectivity index (χ3n) is 2.84. The summed E-state index contributed by atoms with van der Waals surface area (Å²) in [6.45, 7) is 2.25. The van der Waals surface area contributed by atoms with Gasteiger partial charge in [0.15, 0.2) is 0 Å². The van der Waals surface area contributed by atoms with Crippen LogP contribution in [-0.4, -0.2) is 25.7 Å². The van der Waals surface area contributed by atoms with Crippen molar-refractivity contribution in [1.82, 2.24) is 0 Å². The number of nitro benzene ring substituents is 1. The fourth-order valence-electron chi connectivity index (χ4n) is 1.62. The molecule has 9 heteroatoms. The lowest BCUT2D eigenvalue weighted by molar-refractivity contribution is -0.385. The molecule has 1 atom stereocenters. The number of ether oxygens (including phenoxy) is 1. The number of nitro groups is 1. The molecule has 0 aliphatic carbocycles. The molecule has 0 spiro atoms. The second-order valence-corrected chi connectivity index (χ2v) is 7.45. The van der Waals surface area contributed by atoms with Crippen molar-refractivity contribution in [2.75, 3.05) is 12.4 Å². The molecule has 0 aliphatic rings. The Morgan fingerprint density at radius 1 is 1.38 bits per heavy atom. The average molecular weight is 381 g/mol. The molecule has 21 heavy (non-hydrogen) atoms. The fraction of sp³-hybridized carbons (Fsp3) is 0.500. The molecule has 0 aromatic heterocycles. The topological polar surface area (TPSA) is 113 Å². The second kappa shape index (κ2) is 7.71. The van der Waals surface area contributed by atoms with Gasteiger partial charge in [-0.3, -0.25) is 10.1 Å². The first-order valence-corrected chi connectivity index (χ1v) is 8.76. The zero-order valence-corrected chi connectivity index (χ0v) is 13.9. The van der Waals surface area contributed by atoms with Crippen molar-refractivity contribution in [3.05, 3.63) is 32.8 Å². The Balaban J connectivity index is 2.47. The van der Waals surface area contributed by atoms with Crippen LogP contribution in [0, 0.1) is 16.0 Å². The highest BCUT2D eigenvalue weighted by Gasteiger charge is 2.11. The SMILES string of the molecule is CC(CCOc1cc(Br)cc([N+](=O)[O-])c1)CCS(N)(=O)=O. The van der Waals surface area contributed by atoms with Crippen LogP contribution in [0.15, 0.2) is 22.7 Å². The van der Waals surface area contributed by atoms with Crippen molar-refractivity contribution in [3.8, 4) is 5.75 Å². The van der Waals surface area contributed by atoms with Crippen LogP contribution in [0.25, 0.3) is 0 Å². The van der Waals surface area contributed by atoms with E-state index in [1.54, 1.807) is 6.07 Å². The molecule has 0 radical (unpaired) electrons. The largest absolute Gasteiger partial charge is 0.493 e. The number of sulfonamides is 1. The van der Waals surface area contributed by atoms with E-state index in [0.717, 1.165) is 0 Å². The second-order valence-electron chi connectivity index (χ2n) is 4.80. The van der Waals surface area contributed by atoms with Gasteiger partial charge in [0.1, 0.15) is 5.75 Å². The Morgan fingerprint density at radius 2 is 2.05 bits per heavy atom. The maximum absolute atomic E-state index is 10.8. The summed E-state index contributed by atoms with van der Waals surface area (Å²) in [6, 6.07) is 4.38. The van der Waals surface area contributed by atoms with E-state index in [1.165, 1.54) is 12.1 Å². The predicted molar refractivity (Wildman–Crippen MR) is 82.7 cm³/mol. The normalized spacial score (nSPS) is 12.9. The van der Waals surface area contributed by atoms with Crippen LogP contribution in [-0.2, 0) is 10.0 Å². The monoisotopic (exact) mass is 380 g/mol. The quantitative estimate of drug-likeness (QED) is 0.549. The van der Waals surface area contributed by atoms with E-state index in [4.69, 9.17) is 9.88 Å². The summed E-state index contributed by atoms with van der Waals surface area (Å²) in [7, 11) is -3.44. The van der Waals surface area contributed by atoms with Gasteiger partial charge in [-0.05, 0) is 24.8 Å². The van der Waals surface area contributed by atoms with Crippen LogP contribution >= 0.6 is 15.9 Å². The lowest BCUT2D eigenvalue weighted by atomic mass is 10.1. The molecule has 0 fully saturated rings. The molecular formula is C12H17BrN2O5S. The highest BCUT2D eigenvalue weighted by atomic mass is 79.9. The number of nitrogens with zero attached hydrogens (tertiary/aromatic N) is 1. The Morgan fingerprint density at radius 3 is 2.62 bits per heavy atom. The molecule has 0 bridgehead atoms. The van der Waals surface area contributed by atoms with Gasteiger partial charge in [0.25, 0.3) is 5.69 Å². The van der Waals surface area contributed by atoms with Crippen LogP contribution in [0.5, 0.6) is 5.75 Å². The first-order valence-electron chi connectivity index (χ1n) is 6.25. The number of nitrogens with two attached hydrogens (primary N) is 1. The van der Waals surface area contributed by atoms with Crippen LogP contribution in [0.2, 0.25) is 0 Å². The average Bonchev–Trinajstić information content (AvgIpc) is 2.35. The molecule has 1 unspecified atom stereocenters. The number of non-ortho nitro benzene ring substituents is 1. The number of hydrogen-bond donors (Lipinski definition) is 1. The number of benzene rings is 1. The first kappa shape index (κ1) is 17.9. The molecule has 0 saturated heterocycles. The molecule has 0 aliphatic heterocycles. The van der Waals surface area contributed by atoms with Gasteiger partial charge >= 0.3 is 0 Å². The van der Waals surface area contributed by atoms with Crippen molar-refractivity contribution < 1.29 is 18.1 Å². The van der Waals surface area contributed by atoms with Gasteiger partial charge < -0.3 is 4.74 Å². The van der Waals surface area contributed by atoms with Gasteiger partial charge in [-0.15, -0.1) is 0 Å². The number of rotatable bonds is 8. The third kappa shape index (κ3) is 7.39. The molecule has 0 heterocycles. The van der Waals surface area contributed by atoms with E-state index < -0.39 is 14.9 Å². The lowest BCUT2D eigenvalue weighted by Crippen LogP contribution is -2.18. The summed E-state index contributed by atoms with van der Waals surface area (Å²) in [4.78, 5) is 10.2. The Hall–Kier alpha value is -1.19. The molecular weight excluding hydrogens is 364 g/mol. The smallest absolute Gasteiger partial charge is 0.274 e.